The Bertz CT molecular complexity index is 431. The van der Waals surface area contributed by atoms with Crippen molar-refractivity contribution in [3.05, 3.63) is 47.9 Å². The number of aryl methyl sites for hydroxylation is 1. The predicted octanol–water partition coefficient (Wildman–Crippen LogP) is 2.71. The zero-order valence-corrected chi connectivity index (χ0v) is 8.16. The summed E-state index contributed by atoms with van der Waals surface area (Å²) in [6.07, 6.45) is 1.68. The molecule has 1 heterocycles. The first-order valence-electron chi connectivity index (χ1n) is 4.65. The summed E-state index contributed by atoms with van der Waals surface area (Å²) in [4.78, 5) is 0. The molecule has 0 aliphatic rings. The van der Waals surface area contributed by atoms with Crippen LogP contribution in [0.2, 0.25) is 0 Å². The molecule has 2 heteroatoms. The van der Waals surface area contributed by atoms with Gasteiger partial charge in [0.2, 0.25) is 0 Å². The Kier molecular flexibility index (Phi) is 2.37. The first kappa shape index (κ1) is 9.03. The molecule has 0 fully saturated rings. The second-order valence-corrected chi connectivity index (χ2v) is 3.28. The lowest BCUT2D eigenvalue weighted by molar-refractivity contribution is 0.513. The normalized spacial score (nSPS) is 10.4. The minimum Gasteiger partial charge on any atom is -0.467 e. The van der Waals surface area contributed by atoms with Gasteiger partial charge in [-0.05, 0) is 24.1 Å². The van der Waals surface area contributed by atoms with E-state index in [0.717, 1.165) is 11.3 Å². The van der Waals surface area contributed by atoms with Gasteiger partial charge in [0, 0.05) is 5.56 Å². The molecule has 0 radical (unpaired) electrons. The van der Waals surface area contributed by atoms with Crippen LogP contribution in [0.3, 0.4) is 0 Å². The smallest absolute Gasteiger partial charge is 0.125 e. The van der Waals surface area contributed by atoms with Gasteiger partial charge in [0.1, 0.15) is 5.76 Å². The summed E-state index contributed by atoms with van der Waals surface area (Å²) in [6, 6.07) is 10.2. The molecule has 0 amide bonds. The van der Waals surface area contributed by atoms with Crippen molar-refractivity contribution in [1.82, 2.24) is 0 Å². The highest BCUT2D eigenvalue weighted by Gasteiger charge is 2.08. The maximum Gasteiger partial charge on any atom is 0.125 e. The Labute approximate surface area is 83.4 Å². The molecule has 14 heavy (non-hydrogen) atoms. The average molecular weight is 187 g/mol. The van der Waals surface area contributed by atoms with Crippen molar-refractivity contribution in [3.8, 4) is 11.1 Å². The Hall–Kier alpha value is -1.54. The minimum absolute atomic E-state index is 0.441. The SMILES string of the molecule is Cc1ccccc1-c1ccoc1CN. The third-order valence-corrected chi connectivity index (χ3v) is 2.37. The van der Waals surface area contributed by atoms with E-state index in [1.165, 1.54) is 11.1 Å². The summed E-state index contributed by atoms with van der Waals surface area (Å²) in [5.74, 6) is 0.847. The van der Waals surface area contributed by atoms with E-state index in [9.17, 15) is 0 Å². The molecule has 1 aromatic heterocycles. The van der Waals surface area contributed by atoms with E-state index in [4.69, 9.17) is 10.2 Å². The van der Waals surface area contributed by atoms with Crippen LogP contribution in [0, 0.1) is 6.92 Å². The van der Waals surface area contributed by atoms with Crippen LogP contribution < -0.4 is 5.73 Å². The summed E-state index contributed by atoms with van der Waals surface area (Å²) in [6.45, 7) is 2.53. The molecule has 2 rings (SSSR count). The lowest BCUT2D eigenvalue weighted by atomic mass is 10.0. The van der Waals surface area contributed by atoms with Crippen molar-refractivity contribution in [2.75, 3.05) is 0 Å². The zero-order valence-electron chi connectivity index (χ0n) is 8.16. The number of furan rings is 1. The van der Waals surface area contributed by atoms with Crippen molar-refractivity contribution in [1.29, 1.82) is 0 Å². The Morgan fingerprint density at radius 3 is 2.64 bits per heavy atom. The highest BCUT2D eigenvalue weighted by molar-refractivity contribution is 5.68. The van der Waals surface area contributed by atoms with E-state index in [1.54, 1.807) is 6.26 Å². The lowest BCUT2D eigenvalue weighted by Crippen LogP contribution is -1.96. The molecule has 0 spiro atoms. The molecule has 1 aromatic carbocycles. The van der Waals surface area contributed by atoms with Crippen molar-refractivity contribution in [2.45, 2.75) is 13.5 Å². The molecule has 0 saturated carbocycles. The molecule has 0 aliphatic carbocycles. The fraction of sp³-hybridized carbons (Fsp3) is 0.167. The van der Waals surface area contributed by atoms with Gasteiger partial charge in [-0.2, -0.15) is 0 Å². The van der Waals surface area contributed by atoms with E-state index >= 15 is 0 Å². The molecular weight excluding hydrogens is 174 g/mol. The number of hydrogen-bond donors (Lipinski definition) is 1. The highest BCUT2D eigenvalue weighted by atomic mass is 16.3. The quantitative estimate of drug-likeness (QED) is 0.785. The van der Waals surface area contributed by atoms with Gasteiger partial charge in [0.05, 0.1) is 12.8 Å². The van der Waals surface area contributed by atoms with Crippen LogP contribution in [0.1, 0.15) is 11.3 Å². The van der Waals surface area contributed by atoms with Crippen LogP contribution in [-0.2, 0) is 6.54 Å². The van der Waals surface area contributed by atoms with Gasteiger partial charge in [0.15, 0.2) is 0 Å². The molecule has 2 N–H and O–H groups in total. The van der Waals surface area contributed by atoms with E-state index in [1.807, 2.05) is 18.2 Å². The van der Waals surface area contributed by atoms with Crippen LogP contribution in [0.15, 0.2) is 41.0 Å². The summed E-state index contributed by atoms with van der Waals surface area (Å²) < 4.78 is 5.30. The van der Waals surface area contributed by atoms with E-state index in [2.05, 4.69) is 19.1 Å². The maximum atomic E-state index is 5.59. The Morgan fingerprint density at radius 2 is 1.93 bits per heavy atom. The number of hydrogen-bond acceptors (Lipinski definition) is 2. The van der Waals surface area contributed by atoms with Gasteiger partial charge < -0.3 is 10.2 Å². The molecule has 2 nitrogen and oxygen atoms in total. The Morgan fingerprint density at radius 1 is 1.14 bits per heavy atom. The fourth-order valence-corrected chi connectivity index (χ4v) is 1.61. The van der Waals surface area contributed by atoms with Crippen molar-refractivity contribution in [2.24, 2.45) is 5.73 Å². The summed E-state index contributed by atoms with van der Waals surface area (Å²) >= 11 is 0. The molecule has 0 unspecified atom stereocenters. The zero-order chi connectivity index (χ0) is 9.97. The first-order valence-corrected chi connectivity index (χ1v) is 4.65. The van der Waals surface area contributed by atoms with E-state index in [0.29, 0.717) is 6.54 Å². The average Bonchev–Trinajstić information content (AvgIpc) is 2.66. The summed E-state index contributed by atoms with van der Waals surface area (Å²) in [5, 5.41) is 0. The van der Waals surface area contributed by atoms with Crippen molar-refractivity contribution < 1.29 is 4.42 Å². The van der Waals surface area contributed by atoms with Crippen LogP contribution in [-0.4, -0.2) is 0 Å². The van der Waals surface area contributed by atoms with Crippen LogP contribution in [0.4, 0.5) is 0 Å². The molecule has 0 bridgehead atoms. The Balaban J connectivity index is 2.54. The van der Waals surface area contributed by atoms with Gasteiger partial charge in [0.25, 0.3) is 0 Å². The van der Waals surface area contributed by atoms with Gasteiger partial charge in [-0.15, -0.1) is 0 Å². The van der Waals surface area contributed by atoms with Crippen molar-refractivity contribution in [3.63, 3.8) is 0 Å². The van der Waals surface area contributed by atoms with Crippen LogP contribution in [0.5, 0.6) is 0 Å². The third-order valence-electron chi connectivity index (χ3n) is 2.37. The molecule has 2 aromatic rings. The monoisotopic (exact) mass is 187 g/mol. The van der Waals surface area contributed by atoms with Gasteiger partial charge in [-0.25, -0.2) is 0 Å². The standard InChI is InChI=1S/C12H13NO/c1-9-4-2-3-5-10(9)11-6-7-14-12(11)8-13/h2-7H,8,13H2,1H3. The molecular formula is C12H13NO. The second-order valence-electron chi connectivity index (χ2n) is 3.28. The van der Waals surface area contributed by atoms with Gasteiger partial charge in [-0.1, -0.05) is 24.3 Å². The van der Waals surface area contributed by atoms with Crippen molar-refractivity contribution >= 4 is 0 Å². The predicted molar refractivity (Wildman–Crippen MR) is 56.8 cm³/mol. The van der Waals surface area contributed by atoms with E-state index in [-0.39, 0.29) is 0 Å². The lowest BCUT2D eigenvalue weighted by Gasteiger charge is -2.04. The number of benzene rings is 1. The third kappa shape index (κ3) is 1.44. The maximum absolute atomic E-state index is 5.59. The molecule has 0 aliphatic heterocycles. The highest BCUT2D eigenvalue weighted by Crippen LogP contribution is 2.27. The molecule has 0 saturated heterocycles. The number of nitrogens with two attached hydrogens (primary N) is 1. The molecule has 72 valence electrons. The number of rotatable bonds is 2. The van der Waals surface area contributed by atoms with Crippen LogP contribution in [0.25, 0.3) is 11.1 Å². The van der Waals surface area contributed by atoms with Gasteiger partial charge >= 0.3 is 0 Å². The summed E-state index contributed by atoms with van der Waals surface area (Å²) in [7, 11) is 0. The topological polar surface area (TPSA) is 39.2 Å². The molecule has 0 atom stereocenters. The first-order chi connectivity index (χ1) is 6.83. The van der Waals surface area contributed by atoms with Crippen LogP contribution >= 0.6 is 0 Å². The fourth-order valence-electron chi connectivity index (χ4n) is 1.61. The summed E-state index contributed by atoms with van der Waals surface area (Å²) in [5.41, 5.74) is 9.13. The largest absolute Gasteiger partial charge is 0.467 e. The minimum atomic E-state index is 0.441. The second kappa shape index (κ2) is 3.68. The van der Waals surface area contributed by atoms with E-state index < -0.39 is 0 Å². The van der Waals surface area contributed by atoms with Gasteiger partial charge in [-0.3, -0.25) is 0 Å².